The zero-order valence-electron chi connectivity index (χ0n) is 17.6. The molecule has 0 fully saturated rings. The van der Waals surface area contributed by atoms with Crippen molar-refractivity contribution in [2.45, 2.75) is 13.8 Å². The van der Waals surface area contributed by atoms with Crippen LogP contribution in [0.25, 0.3) is 11.5 Å². The Hall–Kier alpha value is -3.34. The van der Waals surface area contributed by atoms with Gasteiger partial charge < -0.3 is 10.2 Å². The van der Waals surface area contributed by atoms with Gasteiger partial charge in [-0.25, -0.2) is 0 Å². The molecule has 2 aromatic heterocycles. The van der Waals surface area contributed by atoms with Crippen LogP contribution in [0.15, 0.2) is 70.2 Å². The van der Waals surface area contributed by atoms with Crippen LogP contribution in [0.1, 0.15) is 25.0 Å². The number of Topliss-reactive ketones (excluding diaryl/α,β-unsaturated/α-hetero) is 2. The monoisotopic (exact) mass is 411 g/mol. The van der Waals surface area contributed by atoms with Gasteiger partial charge in [0.25, 0.3) is 0 Å². The number of hydrogen-bond donors (Lipinski definition) is 0. The number of rotatable bonds is 9. The topological polar surface area (TPSA) is 131 Å². The Morgan fingerprint density at radius 1 is 0.774 bits per heavy atom. The quantitative estimate of drug-likeness (QED) is 0.149. The van der Waals surface area contributed by atoms with Crippen molar-refractivity contribution in [3.05, 3.63) is 71.3 Å². The summed E-state index contributed by atoms with van der Waals surface area (Å²) in [5.41, 5.74) is 0.591. The summed E-state index contributed by atoms with van der Waals surface area (Å²) in [6.07, 6.45) is 8.30. The van der Waals surface area contributed by atoms with Crippen molar-refractivity contribution in [1.29, 1.82) is 0 Å². The molecule has 2 rings (SSSR count). The van der Waals surface area contributed by atoms with Gasteiger partial charge in [-0.05, 0) is 49.2 Å². The van der Waals surface area contributed by atoms with Crippen LogP contribution in [0, 0.1) is 0 Å². The van der Waals surface area contributed by atoms with Gasteiger partial charge in [0.2, 0.25) is 0 Å². The number of carbonyl (C=O) groups is 2. The Kier molecular flexibility index (Phi) is 10.8. The number of pyridine rings is 2. The zero-order valence-corrected chi connectivity index (χ0v) is 17.6. The molecule has 0 aliphatic rings. The van der Waals surface area contributed by atoms with Crippen LogP contribution in [0.5, 0.6) is 0 Å². The van der Waals surface area contributed by atoms with Crippen LogP contribution in [0.4, 0.5) is 0 Å². The SMILES string of the molecule is CC(=O)/C(C=NCCN=C/C(C(C)=O)=C(\[O-])c1ccncc1)=C(/[O-])c1ccncc1.[Li+]. The maximum absolute atomic E-state index is 12.4. The van der Waals surface area contributed by atoms with Gasteiger partial charge >= 0.3 is 18.9 Å². The first kappa shape index (κ1) is 25.7. The van der Waals surface area contributed by atoms with Gasteiger partial charge in [0, 0.05) is 48.4 Å². The van der Waals surface area contributed by atoms with Gasteiger partial charge in [0.1, 0.15) is 0 Å². The fourth-order valence-electron chi connectivity index (χ4n) is 2.36. The average molecular weight is 411 g/mol. The van der Waals surface area contributed by atoms with E-state index >= 15 is 0 Å². The molecule has 31 heavy (non-hydrogen) atoms. The van der Waals surface area contributed by atoms with Crippen molar-refractivity contribution in [3.8, 4) is 0 Å². The van der Waals surface area contributed by atoms with Crippen LogP contribution < -0.4 is 29.1 Å². The van der Waals surface area contributed by atoms with Gasteiger partial charge in [0.15, 0.2) is 11.6 Å². The molecule has 0 amide bonds. The summed E-state index contributed by atoms with van der Waals surface area (Å²) in [5, 5.41) is 24.8. The van der Waals surface area contributed by atoms with Crippen molar-refractivity contribution >= 4 is 35.5 Å². The third-order valence-corrected chi connectivity index (χ3v) is 3.93. The van der Waals surface area contributed by atoms with Crippen LogP contribution >= 0.6 is 0 Å². The number of hydrogen-bond acceptors (Lipinski definition) is 8. The Bertz CT molecular complexity index is 933. The molecule has 0 saturated carbocycles. The van der Waals surface area contributed by atoms with Gasteiger partial charge in [-0.3, -0.25) is 29.5 Å². The molecule has 9 heteroatoms. The van der Waals surface area contributed by atoms with E-state index in [0.717, 1.165) is 0 Å². The predicted octanol–water partition coefficient (Wildman–Crippen LogP) is -2.36. The molecule has 2 aromatic rings. The fraction of sp³-hybridized carbons (Fsp3) is 0.182. The minimum Gasteiger partial charge on any atom is -0.872 e. The van der Waals surface area contributed by atoms with Crippen molar-refractivity contribution in [3.63, 3.8) is 0 Å². The van der Waals surface area contributed by atoms with Gasteiger partial charge in [0.05, 0.1) is 13.1 Å². The number of allylic oxidation sites excluding steroid dienone is 2. The molecule has 0 aliphatic carbocycles. The standard InChI is InChI=1S/C22H22N4O4.Li/c1-15(27)19(21(29)17-3-7-23-8-4-17)13-25-11-12-26-14-20(16(2)28)22(30)18-5-9-24-10-6-18;/h3-10,13-14,29-30H,11-12H2,1-2H3;/q;+1/p-2/b21-19+,22-20+,25-13?,26-14?;. The second-order valence-corrected chi connectivity index (χ2v) is 6.14. The summed E-state index contributed by atoms with van der Waals surface area (Å²) < 4.78 is 0. The molecule has 0 spiro atoms. The minimum absolute atomic E-state index is 0. The maximum atomic E-state index is 12.4. The Balaban J connectivity index is 0.00000480. The summed E-state index contributed by atoms with van der Waals surface area (Å²) >= 11 is 0. The smallest absolute Gasteiger partial charge is 0.872 e. The van der Waals surface area contributed by atoms with Crippen LogP contribution in [0.2, 0.25) is 0 Å². The molecule has 0 saturated heterocycles. The van der Waals surface area contributed by atoms with E-state index in [1.54, 1.807) is 0 Å². The summed E-state index contributed by atoms with van der Waals surface area (Å²) in [7, 11) is 0. The number of carbonyl (C=O) groups excluding carboxylic acids is 2. The molecule has 8 nitrogen and oxygen atoms in total. The van der Waals surface area contributed by atoms with E-state index in [0.29, 0.717) is 11.1 Å². The summed E-state index contributed by atoms with van der Waals surface area (Å²) in [6.45, 7) is 2.92. The Morgan fingerprint density at radius 3 is 1.39 bits per heavy atom. The second-order valence-electron chi connectivity index (χ2n) is 6.14. The van der Waals surface area contributed by atoms with E-state index in [1.165, 1.54) is 75.3 Å². The third kappa shape index (κ3) is 7.77. The third-order valence-electron chi connectivity index (χ3n) is 3.93. The molecule has 0 aromatic carbocycles. The molecule has 2 heterocycles. The molecule has 0 bridgehead atoms. The molecule has 0 atom stereocenters. The van der Waals surface area contributed by atoms with Gasteiger partial charge in [-0.1, -0.05) is 11.5 Å². The normalized spacial score (nSPS) is 12.8. The predicted molar refractivity (Wildman–Crippen MR) is 110 cm³/mol. The first-order chi connectivity index (χ1) is 14.4. The largest absolute Gasteiger partial charge is 1.00 e. The van der Waals surface area contributed by atoms with E-state index in [-0.39, 0.29) is 43.1 Å². The zero-order chi connectivity index (χ0) is 21.9. The van der Waals surface area contributed by atoms with E-state index < -0.39 is 23.1 Å². The minimum atomic E-state index is -0.438. The van der Waals surface area contributed by atoms with Crippen molar-refractivity contribution in [1.82, 2.24) is 9.97 Å². The molecular weight excluding hydrogens is 391 g/mol. The Morgan fingerprint density at radius 2 is 1.10 bits per heavy atom. The summed E-state index contributed by atoms with van der Waals surface area (Å²) in [6, 6.07) is 6.06. The van der Waals surface area contributed by atoms with Gasteiger partial charge in [-0.2, -0.15) is 0 Å². The fourth-order valence-corrected chi connectivity index (χ4v) is 2.36. The summed E-state index contributed by atoms with van der Waals surface area (Å²) in [4.78, 5) is 39.4. The van der Waals surface area contributed by atoms with Crippen molar-refractivity contribution < 1.29 is 38.7 Å². The number of ketones is 2. The maximum Gasteiger partial charge on any atom is 1.00 e. The van der Waals surface area contributed by atoms with Crippen molar-refractivity contribution in [2.75, 3.05) is 13.1 Å². The first-order valence-electron chi connectivity index (χ1n) is 9.06. The van der Waals surface area contributed by atoms with Gasteiger partial charge in [-0.15, -0.1) is 0 Å². The van der Waals surface area contributed by atoms with E-state index in [1.807, 2.05) is 0 Å². The Labute approximate surface area is 192 Å². The number of aliphatic imine (C=N–C) groups is 2. The molecule has 154 valence electrons. The van der Waals surface area contributed by atoms with E-state index in [4.69, 9.17) is 0 Å². The first-order valence-corrected chi connectivity index (χ1v) is 9.06. The number of nitrogens with zero attached hydrogens (tertiary/aromatic N) is 4. The van der Waals surface area contributed by atoms with Crippen molar-refractivity contribution in [2.24, 2.45) is 9.98 Å². The number of aromatic nitrogens is 2. The van der Waals surface area contributed by atoms with E-state index in [9.17, 15) is 19.8 Å². The summed E-state index contributed by atoms with van der Waals surface area (Å²) in [5.74, 6) is -1.68. The average Bonchev–Trinajstić information content (AvgIpc) is 2.75. The molecular formula is C22H20LiN4O4-. The second kappa shape index (κ2) is 13.1. The molecule has 0 N–H and O–H groups in total. The van der Waals surface area contributed by atoms with Crippen LogP contribution in [-0.2, 0) is 9.59 Å². The molecule has 0 aliphatic heterocycles. The van der Waals surface area contributed by atoms with Crippen LogP contribution in [0.3, 0.4) is 0 Å². The molecule has 0 radical (unpaired) electrons. The van der Waals surface area contributed by atoms with Crippen LogP contribution in [-0.4, -0.2) is 47.1 Å². The molecule has 0 unspecified atom stereocenters. The van der Waals surface area contributed by atoms with E-state index in [2.05, 4.69) is 20.0 Å².